The molecular formula is C13H20N2O2. The van der Waals surface area contributed by atoms with Gasteiger partial charge < -0.3 is 9.64 Å². The van der Waals surface area contributed by atoms with Gasteiger partial charge in [0.1, 0.15) is 11.8 Å². The van der Waals surface area contributed by atoms with Gasteiger partial charge in [-0.3, -0.25) is 4.90 Å². The van der Waals surface area contributed by atoms with Gasteiger partial charge in [0.15, 0.2) is 0 Å². The molecule has 0 aromatic carbocycles. The Morgan fingerprint density at radius 1 is 1.35 bits per heavy atom. The molecular weight excluding hydrogens is 216 g/mol. The first kappa shape index (κ1) is 12.0. The van der Waals surface area contributed by atoms with E-state index in [9.17, 15) is 4.79 Å². The molecule has 2 aliphatic rings. The summed E-state index contributed by atoms with van der Waals surface area (Å²) in [4.78, 5) is 15.9. The van der Waals surface area contributed by atoms with Gasteiger partial charge in [-0.15, -0.1) is 0 Å². The van der Waals surface area contributed by atoms with Gasteiger partial charge in [0.25, 0.3) is 0 Å². The molecule has 2 aliphatic heterocycles. The number of ether oxygens (including phenoxy) is 1. The van der Waals surface area contributed by atoms with Crippen molar-refractivity contribution in [3.63, 3.8) is 0 Å². The average molecular weight is 236 g/mol. The number of amides is 1. The third-order valence-electron chi connectivity index (χ3n) is 2.84. The predicted octanol–water partition coefficient (Wildman–Crippen LogP) is 2.34. The van der Waals surface area contributed by atoms with E-state index in [1.54, 1.807) is 4.90 Å². The number of hydrogen-bond acceptors (Lipinski definition) is 3. The van der Waals surface area contributed by atoms with Crippen molar-refractivity contribution in [1.82, 2.24) is 9.80 Å². The van der Waals surface area contributed by atoms with Crippen LogP contribution in [-0.2, 0) is 4.74 Å². The minimum Gasteiger partial charge on any atom is -0.444 e. The highest BCUT2D eigenvalue weighted by Crippen LogP contribution is 2.25. The van der Waals surface area contributed by atoms with Crippen molar-refractivity contribution in [2.24, 2.45) is 0 Å². The van der Waals surface area contributed by atoms with Crippen LogP contribution >= 0.6 is 0 Å². The van der Waals surface area contributed by atoms with Gasteiger partial charge in [-0.25, -0.2) is 4.79 Å². The van der Waals surface area contributed by atoms with Crippen LogP contribution < -0.4 is 0 Å². The van der Waals surface area contributed by atoms with Crippen molar-refractivity contribution in [2.75, 3.05) is 13.1 Å². The zero-order valence-corrected chi connectivity index (χ0v) is 10.7. The van der Waals surface area contributed by atoms with E-state index in [1.807, 2.05) is 39.1 Å². The summed E-state index contributed by atoms with van der Waals surface area (Å²) in [6.07, 6.45) is 9.09. The largest absolute Gasteiger partial charge is 0.444 e. The van der Waals surface area contributed by atoms with Crippen LogP contribution in [0.25, 0.3) is 0 Å². The lowest BCUT2D eigenvalue weighted by molar-refractivity contribution is -0.0376. The first-order valence-electron chi connectivity index (χ1n) is 6.06. The van der Waals surface area contributed by atoms with Crippen LogP contribution in [-0.4, -0.2) is 40.7 Å². The van der Waals surface area contributed by atoms with Crippen molar-refractivity contribution in [3.05, 3.63) is 24.4 Å². The van der Waals surface area contributed by atoms with Crippen molar-refractivity contribution in [3.8, 4) is 0 Å². The lowest BCUT2D eigenvalue weighted by Gasteiger charge is -2.46. The van der Waals surface area contributed by atoms with E-state index in [0.717, 1.165) is 19.5 Å². The molecule has 1 atom stereocenters. The Labute approximate surface area is 103 Å². The standard InChI is InChI=1S/C13H20N2O2/c1-13(2,3)17-12(16)15-10-7-11(15)14-8-5-4-6-9-14/h4-6,8,11H,7,9-10H2,1-3H3. The summed E-state index contributed by atoms with van der Waals surface area (Å²) < 4.78 is 5.38. The van der Waals surface area contributed by atoms with Crippen molar-refractivity contribution in [1.29, 1.82) is 0 Å². The highest BCUT2D eigenvalue weighted by atomic mass is 16.6. The fourth-order valence-corrected chi connectivity index (χ4v) is 1.96. The summed E-state index contributed by atoms with van der Waals surface area (Å²) in [6, 6.07) is 0. The van der Waals surface area contributed by atoms with Gasteiger partial charge in [0.05, 0.1) is 0 Å². The molecule has 1 unspecified atom stereocenters. The third kappa shape index (κ3) is 2.81. The van der Waals surface area contributed by atoms with Gasteiger partial charge >= 0.3 is 6.09 Å². The zero-order valence-electron chi connectivity index (χ0n) is 10.7. The maximum Gasteiger partial charge on any atom is 0.411 e. The molecule has 2 heterocycles. The second-order valence-corrected chi connectivity index (χ2v) is 5.41. The van der Waals surface area contributed by atoms with Gasteiger partial charge in [-0.05, 0) is 26.8 Å². The van der Waals surface area contributed by atoms with E-state index in [-0.39, 0.29) is 12.3 Å². The number of allylic oxidation sites excluding steroid dienone is 2. The second kappa shape index (κ2) is 4.43. The molecule has 1 amide bonds. The van der Waals surface area contributed by atoms with Crippen LogP contribution in [0.1, 0.15) is 27.2 Å². The van der Waals surface area contributed by atoms with Crippen LogP contribution in [0.2, 0.25) is 0 Å². The number of likely N-dealkylation sites (tertiary alicyclic amines) is 1. The minimum absolute atomic E-state index is 0.158. The molecule has 0 radical (unpaired) electrons. The monoisotopic (exact) mass is 236 g/mol. The third-order valence-corrected chi connectivity index (χ3v) is 2.84. The van der Waals surface area contributed by atoms with Crippen molar-refractivity contribution < 1.29 is 9.53 Å². The highest BCUT2D eigenvalue weighted by Gasteiger charge is 2.37. The first-order chi connectivity index (χ1) is 7.97. The Hall–Kier alpha value is -1.45. The molecule has 0 N–H and O–H groups in total. The van der Waals surface area contributed by atoms with Gasteiger partial charge in [0.2, 0.25) is 0 Å². The molecule has 94 valence electrons. The molecule has 0 aromatic heterocycles. The molecule has 2 rings (SSSR count). The lowest BCUT2D eigenvalue weighted by Crippen LogP contribution is -2.59. The van der Waals surface area contributed by atoms with Gasteiger partial charge in [0, 0.05) is 25.7 Å². The quantitative estimate of drug-likeness (QED) is 0.700. The summed E-state index contributed by atoms with van der Waals surface area (Å²) in [6.45, 7) is 7.32. The zero-order chi connectivity index (χ0) is 12.5. The molecule has 0 spiro atoms. The maximum atomic E-state index is 11.9. The molecule has 0 aromatic rings. The van der Waals surface area contributed by atoms with Crippen LogP contribution in [0, 0.1) is 0 Å². The minimum atomic E-state index is -0.422. The lowest BCUT2D eigenvalue weighted by atomic mass is 10.1. The molecule has 0 aliphatic carbocycles. The van der Waals surface area contributed by atoms with Crippen LogP contribution in [0.5, 0.6) is 0 Å². The Morgan fingerprint density at radius 3 is 2.59 bits per heavy atom. The SMILES string of the molecule is CC(C)(C)OC(=O)N1CCC1N1C=CC=CC1. The van der Waals surface area contributed by atoms with E-state index in [0.29, 0.717) is 0 Å². The predicted molar refractivity (Wildman–Crippen MR) is 66.3 cm³/mol. The van der Waals surface area contributed by atoms with Crippen LogP contribution in [0.15, 0.2) is 24.4 Å². The Kier molecular flexibility index (Phi) is 3.13. The van der Waals surface area contributed by atoms with Crippen molar-refractivity contribution >= 4 is 6.09 Å². The summed E-state index contributed by atoms with van der Waals surface area (Å²) in [7, 11) is 0. The Bertz CT molecular complexity index is 355. The summed E-state index contributed by atoms with van der Waals surface area (Å²) in [5.74, 6) is 0. The first-order valence-corrected chi connectivity index (χ1v) is 6.06. The molecule has 1 saturated heterocycles. The summed E-state index contributed by atoms with van der Waals surface area (Å²) in [5, 5.41) is 0. The normalized spacial score (nSPS) is 23.6. The number of carbonyl (C=O) groups excluding carboxylic acids is 1. The van der Waals surface area contributed by atoms with Crippen molar-refractivity contribution in [2.45, 2.75) is 39.0 Å². The molecule has 0 saturated carbocycles. The van der Waals surface area contributed by atoms with E-state index in [1.165, 1.54) is 0 Å². The van der Waals surface area contributed by atoms with Gasteiger partial charge in [-0.2, -0.15) is 0 Å². The van der Waals surface area contributed by atoms with E-state index in [2.05, 4.69) is 11.0 Å². The Balaban J connectivity index is 1.92. The number of rotatable bonds is 1. The fraction of sp³-hybridized carbons (Fsp3) is 0.615. The topological polar surface area (TPSA) is 32.8 Å². The van der Waals surface area contributed by atoms with Gasteiger partial charge in [-0.1, -0.05) is 12.2 Å². The number of hydrogen-bond donors (Lipinski definition) is 0. The average Bonchev–Trinajstić information content (AvgIpc) is 2.14. The molecule has 1 fully saturated rings. The molecule has 4 heteroatoms. The highest BCUT2D eigenvalue weighted by molar-refractivity contribution is 5.69. The smallest absolute Gasteiger partial charge is 0.411 e. The van der Waals surface area contributed by atoms with Crippen LogP contribution in [0.4, 0.5) is 4.79 Å². The van der Waals surface area contributed by atoms with E-state index in [4.69, 9.17) is 4.74 Å². The fourth-order valence-electron chi connectivity index (χ4n) is 1.96. The van der Waals surface area contributed by atoms with Crippen LogP contribution in [0.3, 0.4) is 0 Å². The summed E-state index contributed by atoms with van der Waals surface area (Å²) in [5.41, 5.74) is -0.422. The molecule has 4 nitrogen and oxygen atoms in total. The second-order valence-electron chi connectivity index (χ2n) is 5.41. The summed E-state index contributed by atoms with van der Waals surface area (Å²) >= 11 is 0. The van der Waals surface area contributed by atoms with E-state index >= 15 is 0 Å². The molecule has 17 heavy (non-hydrogen) atoms. The maximum absolute atomic E-state index is 11.9. The Morgan fingerprint density at radius 2 is 2.12 bits per heavy atom. The number of carbonyl (C=O) groups is 1. The number of nitrogens with zero attached hydrogens (tertiary/aromatic N) is 2. The van der Waals surface area contributed by atoms with E-state index < -0.39 is 5.60 Å². The molecule has 0 bridgehead atoms.